The number of aromatic nitrogens is 5. The second-order valence-corrected chi connectivity index (χ2v) is 10.4. The third-order valence-electron chi connectivity index (χ3n) is 6.80. The van der Waals surface area contributed by atoms with Gasteiger partial charge in [-0.3, -0.25) is 4.90 Å². The fraction of sp³-hybridized carbons (Fsp3) is 0.440. The number of hydrogen-bond donors (Lipinski definition) is 0. The maximum atomic E-state index is 4.87. The lowest BCUT2D eigenvalue weighted by atomic mass is 9.98. The molecular weight excluding hydrogens is 430 g/mol. The predicted octanol–water partition coefficient (Wildman–Crippen LogP) is 4.65. The first kappa shape index (κ1) is 22.0. The summed E-state index contributed by atoms with van der Waals surface area (Å²) in [6.07, 6.45) is 0.955. The van der Waals surface area contributed by atoms with Crippen LogP contribution in [-0.4, -0.2) is 56.3 Å². The molecule has 1 unspecified atom stereocenters. The molecule has 1 saturated heterocycles. The third kappa shape index (κ3) is 4.25. The maximum Gasteiger partial charge on any atom is 0.186 e. The summed E-state index contributed by atoms with van der Waals surface area (Å²) in [5.74, 6) is 0.916. The van der Waals surface area contributed by atoms with Crippen molar-refractivity contribution >= 4 is 26.7 Å². The van der Waals surface area contributed by atoms with Crippen LogP contribution in [0, 0.1) is 6.92 Å². The van der Waals surface area contributed by atoms with Gasteiger partial charge in [0.1, 0.15) is 0 Å². The monoisotopic (exact) mass is 461 g/mol. The lowest BCUT2D eigenvalue weighted by molar-refractivity contribution is 0.187. The first-order chi connectivity index (χ1) is 16.0. The summed E-state index contributed by atoms with van der Waals surface area (Å²) in [5.41, 5.74) is 3.42. The average Bonchev–Trinajstić information content (AvgIpc) is 3.49. The number of anilines is 1. The Labute approximate surface area is 199 Å². The Bertz CT molecular complexity index is 1190. The van der Waals surface area contributed by atoms with Crippen molar-refractivity contribution in [1.29, 1.82) is 0 Å². The topological polar surface area (TPSA) is 63.0 Å². The van der Waals surface area contributed by atoms with E-state index in [0.29, 0.717) is 0 Å². The van der Waals surface area contributed by atoms with Gasteiger partial charge in [-0.15, -0.1) is 5.10 Å². The molecule has 33 heavy (non-hydrogen) atoms. The summed E-state index contributed by atoms with van der Waals surface area (Å²) in [7, 11) is 0. The van der Waals surface area contributed by atoms with Crippen molar-refractivity contribution in [1.82, 2.24) is 30.1 Å². The van der Waals surface area contributed by atoms with Crippen LogP contribution in [0.2, 0.25) is 0 Å². The summed E-state index contributed by atoms with van der Waals surface area (Å²) >= 11 is 1.78. The maximum absolute atomic E-state index is 4.87. The molecule has 0 aliphatic carbocycles. The Kier molecular flexibility index (Phi) is 5.88. The number of piperazine rings is 1. The van der Waals surface area contributed by atoms with Crippen LogP contribution >= 0.6 is 11.3 Å². The highest BCUT2D eigenvalue weighted by Crippen LogP contribution is 2.34. The highest BCUT2D eigenvalue weighted by atomic mass is 32.1. The molecule has 5 rings (SSSR count). The molecule has 1 fully saturated rings. The zero-order valence-corrected chi connectivity index (χ0v) is 20.6. The zero-order chi connectivity index (χ0) is 23.0. The van der Waals surface area contributed by atoms with Gasteiger partial charge in [0.05, 0.1) is 21.8 Å². The van der Waals surface area contributed by atoms with Gasteiger partial charge in [0.15, 0.2) is 11.0 Å². The van der Waals surface area contributed by atoms with Crippen LogP contribution in [-0.2, 0) is 5.54 Å². The molecule has 2 aromatic heterocycles. The van der Waals surface area contributed by atoms with Crippen LogP contribution in [0.3, 0.4) is 0 Å². The molecular formula is C25H31N7S. The first-order valence-corrected chi connectivity index (χ1v) is 12.5. The van der Waals surface area contributed by atoms with Crippen LogP contribution < -0.4 is 4.90 Å². The molecule has 0 saturated carbocycles. The number of thiazole rings is 1. The molecule has 0 radical (unpaired) electrons. The van der Waals surface area contributed by atoms with E-state index in [2.05, 4.69) is 102 Å². The van der Waals surface area contributed by atoms with Gasteiger partial charge in [0, 0.05) is 26.2 Å². The molecule has 1 atom stereocenters. The Balaban J connectivity index is 1.43. The highest BCUT2D eigenvalue weighted by Gasteiger charge is 2.34. The number of rotatable bonds is 6. The molecule has 1 aliphatic heterocycles. The van der Waals surface area contributed by atoms with Gasteiger partial charge >= 0.3 is 0 Å². The second kappa shape index (κ2) is 8.83. The summed E-state index contributed by atoms with van der Waals surface area (Å²) in [6, 6.07) is 17.2. The minimum absolute atomic E-state index is 0.0175. The van der Waals surface area contributed by atoms with Crippen LogP contribution in [0.1, 0.15) is 50.2 Å². The third-order valence-corrected chi connectivity index (χ3v) is 7.90. The number of fused-ring (bicyclic) bond motifs is 1. The van der Waals surface area contributed by atoms with E-state index >= 15 is 0 Å². The van der Waals surface area contributed by atoms with E-state index < -0.39 is 0 Å². The van der Waals surface area contributed by atoms with Crippen molar-refractivity contribution < 1.29 is 0 Å². The van der Waals surface area contributed by atoms with Crippen molar-refractivity contribution in [3.63, 3.8) is 0 Å². The van der Waals surface area contributed by atoms with E-state index in [0.717, 1.165) is 49.1 Å². The Morgan fingerprint density at radius 3 is 2.42 bits per heavy atom. The Morgan fingerprint density at radius 2 is 1.73 bits per heavy atom. The smallest absolute Gasteiger partial charge is 0.186 e. The summed E-state index contributed by atoms with van der Waals surface area (Å²) in [5, 5.41) is 14.2. The van der Waals surface area contributed by atoms with Crippen molar-refractivity contribution in [2.45, 2.75) is 45.7 Å². The molecule has 172 valence electrons. The quantitative estimate of drug-likeness (QED) is 0.417. The standard InChI is InChI=1S/C25H31N7S/c1-5-25(3,4)32-23(27-28-29-32)22(19-12-10-18(2)11-13-19)30-14-16-31(17-15-30)24-26-20-8-6-7-9-21(20)33-24/h6-13,22H,5,14-17H2,1-4H3. The molecule has 4 aromatic rings. The first-order valence-electron chi connectivity index (χ1n) is 11.7. The fourth-order valence-electron chi connectivity index (χ4n) is 4.38. The fourth-order valence-corrected chi connectivity index (χ4v) is 5.40. The lowest BCUT2D eigenvalue weighted by Gasteiger charge is -2.39. The van der Waals surface area contributed by atoms with Gasteiger partial charge < -0.3 is 4.90 Å². The van der Waals surface area contributed by atoms with Crippen LogP contribution in [0.15, 0.2) is 48.5 Å². The number of aryl methyl sites for hydroxylation is 1. The van der Waals surface area contributed by atoms with Crippen molar-refractivity contribution in [3.8, 4) is 0 Å². The predicted molar refractivity (Wildman–Crippen MR) is 134 cm³/mol. The minimum atomic E-state index is -0.148. The van der Waals surface area contributed by atoms with Gasteiger partial charge in [-0.05, 0) is 55.3 Å². The number of tetrazole rings is 1. The summed E-state index contributed by atoms with van der Waals surface area (Å²) in [6.45, 7) is 12.4. The molecule has 8 heteroatoms. The van der Waals surface area contributed by atoms with Crippen molar-refractivity contribution in [2.75, 3.05) is 31.1 Å². The highest BCUT2D eigenvalue weighted by molar-refractivity contribution is 7.22. The number of hydrogen-bond acceptors (Lipinski definition) is 7. The number of benzene rings is 2. The van der Waals surface area contributed by atoms with E-state index in [1.807, 2.05) is 4.68 Å². The van der Waals surface area contributed by atoms with E-state index in [9.17, 15) is 0 Å². The normalized spacial score (nSPS) is 16.4. The van der Waals surface area contributed by atoms with E-state index in [4.69, 9.17) is 4.98 Å². The second-order valence-electron chi connectivity index (χ2n) is 9.42. The van der Waals surface area contributed by atoms with E-state index in [-0.39, 0.29) is 11.6 Å². The average molecular weight is 462 g/mol. The van der Waals surface area contributed by atoms with Crippen LogP contribution in [0.25, 0.3) is 10.2 Å². The molecule has 0 N–H and O–H groups in total. The number of para-hydroxylation sites is 1. The van der Waals surface area contributed by atoms with Gasteiger partial charge in [-0.2, -0.15) is 0 Å². The van der Waals surface area contributed by atoms with Gasteiger partial charge in [0.25, 0.3) is 0 Å². The van der Waals surface area contributed by atoms with Crippen molar-refractivity contribution in [3.05, 3.63) is 65.5 Å². The van der Waals surface area contributed by atoms with Crippen molar-refractivity contribution in [2.24, 2.45) is 0 Å². The minimum Gasteiger partial charge on any atom is -0.345 e. The van der Waals surface area contributed by atoms with Gasteiger partial charge in [-0.25, -0.2) is 9.67 Å². The lowest BCUT2D eigenvalue weighted by Crippen LogP contribution is -2.48. The molecule has 0 bridgehead atoms. The molecule has 1 aliphatic rings. The van der Waals surface area contributed by atoms with E-state index in [1.54, 1.807) is 11.3 Å². The van der Waals surface area contributed by atoms with Gasteiger partial charge in [-0.1, -0.05) is 60.2 Å². The van der Waals surface area contributed by atoms with Gasteiger partial charge in [0.2, 0.25) is 0 Å². The Hall–Kier alpha value is -2.84. The molecule has 0 amide bonds. The van der Waals surface area contributed by atoms with Crippen LogP contribution in [0.4, 0.5) is 5.13 Å². The van der Waals surface area contributed by atoms with E-state index in [1.165, 1.54) is 15.8 Å². The molecule has 2 aromatic carbocycles. The Morgan fingerprint density at radius 1 is 1.00 bits per heavy atom. The molecule has 7 nitrogen and oxygen atoms in total. The SMILES string of the molecule is CCC(C)(C)n1nnnc1C(c1ccc(C)cc1)N1CCN(c2nc3ccccc3s2)CC1. The van der Waals surface area contributed by atoms with Crippen LogP contribution in [0.5, 0.6) is 0 Å². The summed E-state index contributed by atoms with van der Waals surface area (Å²) in [4.78, 5) is 9.80. The zero-order valence-electron chi connectivity index (χ0n) is 19.8. The molecule has 0 spiro atoms. The largest absolute Gasteiger partial charge is 0.345 e. The summed E-state index contributed by atoms with van der Waals surface area (Å²) < 4.78 is 3.27. The number of nitrogens with zero attached hydrogens (tertiary/aromatic N) is 7. The molecule has 3 heterocycles.